The van der Waals surface area contributed by atoms with Crippen molar-refractivity contribution in [2.75, 3.05) is 27.3 Å². The third kappa shape index (κ3) is 5.56. The second kappa shape index (κ2) is 10.6. The second-order valence-corrected chi connectivity index (χ2v) is 8.83. The van der Waals surface area contributed by atoms with Gasteiger partial charge in [-0.15, -0.1) is 10.2 Å². The molecular formula is C25H33N5O3. The van der Waals surface area contributed by atoms with Crippen LogP contribution in [0.3, 0.4) is 0 Å². The number of hydrogen-bond acceptors (Lipinski definition) is 5. The number of amides is 2. The van der Waals surface area contributed by atoms with E-state index in [0.717, 1.165) is 36.3 Å². The van der Waals surface area contributed by atoms with Crippen LogP contribution >= 0.6 is 0 Å². The number of hydrogen-bond donors (Lipinski definition) is 2. The van der Waals surface area contributed by atoms with Crippen molar-refractivity contribution >= 4 is 11.7 Å². The molecule has 2 heterocycles. The number of fused-ring (bicyclic) bond motifs is 1. The van der Waals surface area contributed by atoms with Crippen LogP contribution in [0.15, 0.2) is 42.6 Å². The SMILES string of the molecule is COc1ccc(CCNC(=O)NCC2(Cc3nnc4ccccn34)CCCCC2)cc1OC. The molecule has 3 aromatic rings. The van der Waals surface area contributed by atoms with Gasteiger partial charge < -0.3 is 20.1 Å². The standard InChI is InChI=1S/C25H33N5O3/c1-32-20-10-9-19(16-21(20)33-2)11-14-26-24(31)27-18-25(12-5-3-6-13-25)17-23-29-28-22-8-4-7-15-30(22)23/h4,7-10,15-16H,3,5-6,11-14,17-18H2,1-2H3,(H2,26,27,31). The van der Waals surface area contributed by atoms with Crippen LogP contribution in [0.1, 0.15) is 43.5 Å². The van der Waals surface area contributed by atoms with Crippen LogP contribution in [0.25, 0.3) is 5.65 Å². The van der Waals surface area contributed by atoms with E-state index in [4.69, 9.17) is 9.47 Å². The molecule has 0 aliphatic heterocycles. The van der Waals surface area contributed by atoms with Crippen LogP contribution in [0.2, 0.25) is 0 Å². The maximum Gasteiger partial charge on any atom is 0.314 e. The van der Waals surface area contributed by atoms with E-state index in [-0.39, 0.29) is 11.4 Å². The van der Waals surface area contributed by atoms with E-state index in [0.29, 0.717) is 31.0 Å². The Bertz CT molecular complexity index is 1070. The van der Waals surface area contributed by atoms with Crippen LogP contribution in [-0.2, 0) is 12.8 Å². The van der Waals surface area contributed by atoms with Gasteiger partial charge in [-0.1, -0.05) is 31.4 Å². The van der Waals surface area contributed by atoms with E-state index in [1.54, 1.807) is 14.2 Å². The molecule has 176 valence electrons. The summed E-state index contributed by atoms with van der Waals surface area (Å²) in [5, 5.41) is 14.9. The first-order chi connectivity index (χ1) is 16.1. The van der Waals surface area contributed by atoms with E-state index < -0.39 is 0 Å². The highest BCUT2D eigenvalue weighted by Crippen LogP contribution is 2.38. The summed E-state index contributed by atoms with van der Waals surface area (Å²) in [6.07, 6.45) is 9.31. The van der Waals surface area contributed by atoms with Gasteiger partial charge >= 0.3 is 6.03 Å². The molecule has 33 heavy (non-hydrogen) atoms. The number of rotatable bonds is 9. The number of methoxy groups -OCH3 is 2. The largest absolute Gasteiger partial charge is 0.493 e. The zero-order valence-corrected chi connectivity index (χ0v) is 19.5. The van der Waals surface area contributed by atoms with E-state index >= 15 is 0 Å². The molecule has 0 bridgehead atoms. The van der Waals surface area contributed by atoms with Crippen molar-refractivity contribution in [1.82, 2.24) is 25.2 Å². The predicted molar refractivity (Wildman–Crippen MR) is 127 cm³/mol. The maximum absolute atomic E-state index is 12.6. The maximum atomic E-state index is 12.6. The van der Waals surface area contributed by atoms with E-state index in [1.807, 2.05) is 42.6 Å². The smallest absolute Gasteiger partial charge is 0.314 e. The number of nitrogens with one attached hydrogen (secondary N) is 2. The molecule has 2 N–H and O–H groups in total. The Hall–Kier alpha value is -3.29. The summed E-state index contributed by atoms with van der Waals surface area (Å²) >= 11 is 0. The molecular weight excluding hydrogens is 418 g/mol. The van der Waals surface area contributed by atoms with Crippen molar-refractivity contribution in [3.05, 3.63) is 54.0 Å². The van der Waals surface area contributed by atoms with Crippen molar-refractivity contribution in [1.29, 1.82) is 0 Å². The molecule has 8 nitrogen and oxygen atoms in total. The lowest BCUT2D eigenvalue weighted by Gasteiger charge is -2.37. The van der Waals surface area contributed by atoms with Gasteiger partial charge in [0, 0.05) is 25.7 Å². The monoisotopic (exact) mass is 451 g/mol. The van der Waals surface area contributed by atoms with Gasteiger partial charge in [-0.3, -0.25) is 4.40 Å². The Morgan fingerprint density at radius 2 is 1.85 bits per heavy atom. The van der Waals surface area contributed by atoms with Gasteiger partial charge in [0.15, 0.2) is 17.1 Å². The number of urea groups is 1. The average molecular weight is 452 g/mol. The van der Waals surface area contributed by atoms with Gasteiger partial charge in [0.1, 0.15) is 5.82 Å². The first kappa shape index (κ1) is 22.9. The Morgan fingerprint density at radius 3 is 2.64 bits per heavy atom. The first-order valence-corrected chi connectivity index (χ1v) is 11.6. The summed E-state index contributed by atoms with van der Waals surface area (Å²) in [7, 11) is 3.24. The number of nitrogens with zero attached hydrogens (tertiary/aromatic N) is 3. The van der Waals surface area contributed by atoms with E-state index in [9.17, 15) is 4.79 Å². The highest BCUT2D eigenvalue weighted by atomic mass is 16.5. The van der Waals surface area contributed by atoms with Gasteiger partial charge in [0.2, 0.25) is 0 Å². The second-order valence-electron chi connectivity index (χ2n) is 8.83. The molecule has 0 atom stereocenters. The third-order valence-corrected chi connectivity index (χ3v) is 6.60. The average Bonchev–Trinajstić information content (AvgIpc) is 3.26. The van der Waals surface area contributed by atoms with E-state index in [1.165, 1.54) is 19.3 Å². The quantitative estimate of drug-likeness (QED) is 0.517. The van der Waals surface area contributed by atoms with Crippen LogP contribution in [0.5, 0.6) is 11.5 Å². The normalized spacial score (nSPS) is 15.2. The lowest BCUT2D eigenvalue weighted by Crippen LogP contribution is -2.45. The number of carbonyl (C=O) groups is 1. The fraction of sp³-hybridized carbons (Fsp3) is 0.480. The highest BCUT2D eigenvalue weighted by molar-refractivity contribution is 5.73. The summed E-state index contributed by atoms with van der Waals surface area (Å²) in [6.45, 7) is 1.18. The number of aromatic nitrogens is 3. The molecule has 1 fully saturated rings. The molecule has 8 heteroatoms. The van der Waals surface area contributed by atoms with Gasteiger partial charge in [0.25, 0.3) is 0 Å². The van der Waals surface area contributed by atoms with Crippen LogP contribution < -0.4 is 20.1 Å². The number of carbonyl (C=O) groups excluding carboxylic acids is 1. The number of benzene rings is 1. The van der Waals surface area contributed by atoms with Gasteiger partial charge in [-0.25, -0.2) is 4.79 Å². The van der Waals surface area contributed by atoms with Crippen molar-refractivity contribution in [2.24, 2.45) is 5.41 Å². The number of ether oxygens (including phenoxy) is 2. The minimum atomic E-state index is -0.133. The molecule has 0 radical (unpaired) electrons. The van der Waals surface area contributed by atoms with Gasteiger partial charge in [0.05, 0.1) is 14.2 Å². The zero-order chi connectivity index (χ0) is 23.1. The molecule has 0 unspecified atom stereocenters. The van der Waals surface area contributed by atoms with Gasteiger partial charge in [-0.05, 0) is 54.5 Å². The molecule has 0 saturated heterocycles. The Morgan fingerprint density at radius 1 is 1.03 bits per heavy atom. The molecule has 2 amide bonds. The summed E-state index contributed by atoms with van der Waals surface area (Å²) < 4.78 is 12.7. The lowest BCUT2D eigenvalue weighted by molar-refractivity contribution is 0.174. The molecule has 1 aliphatic rings. The van der Waals surface area contributed by atoms with Crippen LogP contribution in [-0.4, -0.2) is 47.9 Å². The third-order valence-electron chi connectivity index (χ3n) is 6.60. The minimum absolute atomic E-state index is 0.0117. The van der Waals surface area contributed by atoms with Crippen molar-refractivity contribution in [3.8, 4) is 11.5 Å². The van der Waals surface area contributed by atoms with Crippen LogP contribution in [0, 0.1) is 5.41 Å². The zero-order valence-electron chi connectivity index (χ0n) is 19.5. The first-order valence-electron chi connectivity index (χ1n) is 11.6. The summed E-state index contributed by atoms with van der Waals surface area (Å²) in [6, 6.07) is 11.6. The fourth-order valence-electron chi connectivity index (χ4n) is 4.75. The summed E-state index contributed by atoms with van der Waals surface area (Å²) in [5.74, 6) is 2.35. The summed E-state index contributed by atoms with van der Waals surface area (Å²) in [4.78, 5) is 12.6. The van der Waals surface area contributed by atoms with Crippen molar-refractivity contribution in [3.63, 3.8) is 0 Å². The molecule has 1 saturated carbocycles. The van der Waals surface area contributed by atoms with Gasteiger partial charge in [-0.2, -0.15) is 0 Å². The van der Waals surface area contributed by atoms with Crippen LogP contribution in [0.4, 0.5) is 4.79 Å². The Kier molecular flexibility index (Phi) is 7.32. The van der Waals surface area contributed by atoms with Crippen molar-refractivity contribution in [2.45, 2.75) is 44.9 Å². The Balaban J connectivity index is 1.32. The minimum Gasteiger partial charge on any atom is -0.493 e. The molecule has 4 rings (SSSR count). The topological polar surface area (TPSA) is 89.8 Å². The Labute approximate surface area is 194 Å². The molecule has 0 spiro atoms. The molecule has 1 aromatic carbocycles. The highest BCUT2D eigenvalue weighted by Gasteiger charge is 2.34. The predicted octanol–water partition coefficient (Wildman–Crippen LogP) is 3.78. The molecule has 1 aliphatic carbocycles. The fourth-order valence-corrected chi connectivity index (χ4v) is 4.75. The van der Waals surface area contributed by atoms with Crippen molar-refractivity contribution < 1.29 is 14.3 Å². The van der Waals surface area contributed by atoms with E-state index in [2.05, 4.69) is 25.2 Å². The molecule has 2 aromatic heterocycles. The lowest BCUT2D eigenvalue weighted by atomic mass is 9.71. The number of pyridine rings is 1. The summed E-state index contributed by atoms with van der Waals surface area (Å²) in [5.41, 5.74) is 1.95.